The second-order valence-corrected chi connectivity index (χ2v) is 5.82. The van der Waals surface area contributed by atoms with Gasteiger partial charge in [0.05, 0.1) is 0 Å². The Morgan fingerprint density at radius 1 is 1.32 bits per heavy atom. The molecule has 0 spiro atoms. The minimum absolute atomic E-state index is 0.204. The summed E-state index contributed by atoms with van der Waals surface area (Å²) in [5, 5.41) is 0. The molecular weight excluding hydrogens is 241 g/mol. The highest BCUT2D eigenvalue weighted by Gasteiger charge is 2.30. The van der Waals surface area contributed by atoms with E-state index in [1.165, 1.54) is 6.07 Å². The molecule has 0 radical (unpaired) electrons. The molecule has 0 bridgehead atoms. The third-order valence-electron chi connectivity index (χ3n) is 4.09. The van der Waals surface area contributed by atoms with Crippen molar-refractivity contribution in [1.82, 2.24) is 9.80 Å². The average molecular weight is 265 g/mol. The highest BCUT2D eigenvalue weighted by molar-refractivity contribution is 5.28. The zero-order chi connectivity index (χ0) is 14.0. The van der Waals surface area contributed by atoms with Gasteiger partial charge in [-0.2, -0.15) is 0 Å². The fraction of sp³-hybridized carbons (Fsp3) is 0.600. The lowest BCUT2D eigenvalue weighted by atomic mass is 10.1. The SMILES string of the molecule is CC1CN(Cc2ccc(F)cc2CN)CC1N(C)C. The lowest BCUT2D eigenvalue weighted by Crippen LogP contribution is -2.34. The van der Waals surface area contributed by atoms with Gasteiger partial charge in [-0.05, 0) is 43.3 Å². The van der Waals surface area contributed by atoms with E-state index in [4.69, 9.17) is 5.73 Å². The Bertz CT molecular complexity index is 433. The smallest absolute Gasteiger partial charge is 0.123 e. The number of halogens is 1. The van der Waals surface area contributed by atoms with E-state index in [9.17, 15) is 4.39 Å². The van der Waals surface area contributed by atoms with Gasteiger partial charge in [0.1, 0.15) is 5.82 Å². The fourth-order valence-corrected chi connectivity index (χ4v) is 3.03. The predicted octanol–water partition coefficient (Wildman–Crippen LogP) is 1.67. The van der Waals surface area contributed by atoms with E-state index in [1.807, 2.05) is 6.07 Å². The van der Waals surface area contributed by atoms with Crippen molar-refractivity contribution in [3.63, 3.8) is 0 Å². The van der Waals surface area contributed by atoms with Crippen molar-refractivity contribution < 1.29 is 4.39 Å². The molecular formula is C15H24FN3. The average Bonchev–Trinajstić information content (AvgIpc) is 2.72. The predicted molar refractivity (Wildman–Crippen MR) is 76.2 cm³/mol. The Kier molecular flexibility index (Phi) is 4.55. The molecule has 0 aliphatic carbocycles. The zero-order valence-electron chi connectivity index (χ0n) is 12.1. The van der Waals surface area contributed by atoms with Gasteiger partial charge in [0.15, 0.2) is 0 Å². The maximum Gasteiger partial charge on any atom is 0.123 e. The summed E-state index contributed by atoms with van der Waals surface area (Å²) in [5.41, 5.74) is 7.77. The molecule has 3 nitrogen and oxygen atoms in total. The van der Waals surface area contributed by atoms with E-state index in [1.54, 1.807) is 6.07 Å². The summed E-state index contributed by atoms with van der Waals surface area (Å²) in [6, 6.07) is 5.54. The van der Waals surface area contributed by atoms with E-state index < -0.39 is 0 Å². The summed E-state index contributed by atoms with van der Waals surface area (Å²) in [4.78, 5) is 4.72. The second-order valence-electron chi connectivity index (χ2n) is 5.82. The maximum absolute atomic E-state index is 13.2. The number of nitrogens with zero attached hydrogens (tertiary/aromatic N) is 2. The minimum atomic E-state index is -0.204. The molecule has 19 heavy (non-hydrogen) atoms. The molecule has 1 fully saturated rings. The summed E-state index contributed by atoms with van der Waals surface area (Å²) in [7, 11) is 4.27. The monoisotopic (exact) mass is 265 g/mol. The van der Waals surface area contributed by atoms with Gasteiger partial charge in [-0.1, -0.05) is 13.0 Å². The molecule has 2 N–H and O–H groups in total. The van der Waals surface area contributed by atoms with Crippen molar-refractivity contribution in [2.75, 3.05) is 27.2 Å². The molecule has 2 atom stereocenters. The zero-order valence-corrected chi connectivity index (χ0v) is 12.1. The Morgan fingerprint density at radius 3 is 2.63 bits per heavy atom. The van der Waals surface area contributed by atoms with Crippen molar-refractivity contribution in [1.29, 1.82) is 0 Å². The van der Waals surface area contributed by atoms with Gasteiger partial charge in [-0.25, -0.2) is 4.39 Å². The molecule has 1 aromatic carbocycles. The van der Waals surface area contributed by atoms with E-state index in [2.05, 4.69) is 30.8 Å². The molecule has 1 aliphatic heterocycles. The van der Waals surface area contributed by atoms with Gasteiger partial charge in [0.25, 0.3) is 0 Å². The molecule has 106 valence electrons. The number of likely N-dealkylation sites (tertiary alicyclic amines) is 1. The highest BCUT2D eigenvalue weighted by Crippen LogP contribution is 2.23. The molecule has 0 aromatic heterocycles. The lowest BCUT2D eigenvalue weighted by molar-refractivity contribution is 0.250. The van der Waals surface area contributed by atoms with E-state index >= 15 is 0 Å². The van der Waals surface area contributed by atoms with Crippen LogP contribution in [-0.2, 0) is 13.1 Å². The van der Waals surface area contributed by atoms with Crippen molar-refractivity contribution in [2.24, 2.45) is 11.7 Å². The first-order chi connectivity index (χ1) is 9.01. The van der Waals surface area contributed by atoms with Crippen LogP contribution in [0.3, 0.4) is 0 Å². The van der Waals surface area contributed by atoms with Crippen LogP contribution in [0.5, 0.6) is 0 Å². The lowest BCUT2D eigenvalue weighted by Gasteiger charge is -2.23. The van der Waals surface area contributed by atoms with Crippen LogP contribution in [0.25, 0.3) is 0 Å². The largest absolute Gasteiger partial charge is 0.326 e. The van der Waals surface area contributed by atoms with Crippen LogP contribution in [0.4, 0.5) is 4.39 Å². The summed E-state index contributed by atoms with van der Waals surface area (Å²) < 4.78 is 13.2. The molecule has 1 saturated heterocycles. The summed E-state index contributed by atoms with van der Waals surface area (Å²) in [6.45, 7) is 5.70. The topological polar surface area (TPSA) is 32.5 Å². The molecule has 1 aliphatic rings. The maximum atomic E-state index is 13.2. The third kappa shape index (κ3) is 3.32. The van der Waals surface area contributed by atoms with Crippen molar-refractivity contribution in [3.05, 3.63) is 35.1 Å². The first-order valence-electron chi connectivity index (χ1n) is 6.87. The standard InChI is InChI=1S/C15H24FN3/c1-11-8-19(10-15(11)18(2)3)9-12-4-5-14(16)6-13(12)7-17/h4-6,11,15H,7-10,17H2,1-3H3. The molecule has 0 amide bonds. The molecule has 1 aromatic rings. The van der Waals surface area contributed by atoms with Gasteiger partial charge in [-0.3, -0.25) is 4.90 Å². The normalized spacial score (nSPS) is 24.3. The van der Waals surface area contributed by atoms with Crippen molar-refractivity contribution in [3.8, 4) is 0 Å². The third-order valence-corrected chi connectivity index (χ3v) is 4.09. The number of rotatable bonds is 4. The van der Waals surface area contributed by atoms with Crippen molar-refractivity contribution >= 4 is 0 Å². The Labute approximate surface area is 115 Å². The number of nitrogens with two attached hydrogens (primary N) is 1. The van der Waals surface area contributed by atoms with Crippen molar-refractivity contribution in [2.45, 2.75) is 26.1 Å². The number of hydrogen-bond donors (Lipinski definition) is 1. The first kappa shape index (κ1) is 14.4. The van der Waals surface area contributed by atoms with Gasteiger partial charge in [0.2, 0.25) is 0 Å². The van der Waals surface area contributed by atoms with Gasteiger partial charge >= 0.3 is 0 Å². The molecule has 2 unspecified atom stereocenters. The minimum Gasteiger partial charge on any atom is -0.326 e. The van der Waals surface area contributed by atoms with Crippen LogP contribution < -0.4 is 5.73 Å². The second kappa shape index (κ2) is 5.99. The number of benzene rings is 1. The molecule has 0 saturated carbocycles. The first-order valence-corrected chi connectivity index (χ1v) is 6.87. The van der Waals surface area contributed by atoms with Crippen LogP contribution in [-0.4, -0.2) is 43.0 Å². The Morgan fingerprint density at radius 2 is 2.05 bits per heavy atom. The van der Waals surface area contributed by atoms with E-state index in [-0.39, 0.29) is 5.82 Å². The molecule has 1 heterocycles. The Balaban J connectivity index is 2.06. The fourth-order valence-electron chi connectivity index (χ4n) is 3.03. The van der Waals surface area contributed by atoms with Gasteiger partial charge < -0.3 is 10.6 Å². The summed E-state index contributed by atoms with van der Waals surface area (Å²) in [5.74, 6) is 0.460. The van der Waals surface area contributed by atoms with Crippen LogP contribution >= 0.6 is 0 Å². The van der Waals surface area contributed by atoms with Gasteiger partial charge in [-0.15, -0.1) is 0 Å². The Hall–Kier alpha value is -0.970. The number of hydrogen-bond acceptors (Lipinski definition) is 3. The van der Waals surface area contributed by atoms with Crippen LogP contribution in [0.15, 0.2) is 18.2 Å². The highest BCUT2D eigenvalue weighted by atomic mass is 19.1. The summed E-state index contributed by atoms with van der Waals surface area (Å²) >= 11 is 0. The van der Waals surface area contributed by atoms with E-state index in [0.29, 0.717) is 18.5 Å². The molecule has 2 rings (SSSR count). The quantitative estimate of drug-likeness (QED) is 0.899. The number of likely N-dealkylation sites (N-methyl/N-ethyl adjacent to an activating group) is 1. The van der Waals surface area contributed by atoms with Crippen LogP contribution in [0, 0.1) is 11.7 Å². The van der Waals surface area contributed by atoms with Crippen LogP contribution in [0.2, 0.25) is 0 Å². The molecule has 4 heteroatoms. The van der Waals surface area contributed by atoms with E-state index in [0.717, 1.165) is 30.8 Å². The summed E-state index contributed by atoms with van der Waals surface area (Å²) in [6.07, 6.45) is 0. The van der Waals surface area contributed by atoms with Crippen LogP contribution in [0.1, 0.15) is 18.1 Å². The van der Waals surface area contributed by atoms with Gasteiger partial charge in [0, 0.05) is 32.2 Å².